The molecule has 0 amide bonds. The van der Waals surface area contributed by atoms with E-state index >= 15 is 0 Å². The highest BCUT2D eigenvalue weighted by Gasteiger charge is 2.44. The van der Waals surface area contributed by atoms with Gasteiger partial charge in [0.2, 0.25) is 0 Å². The van der Waals surface area contributed by atoms with Crippen LogP contribution in [0.3, 0.4) is 0 Å². The average molecular weight is 309 g/mol. The van der Waals surface area contributed by atoms with Gasteiger partial charge in [-0.25, -0.2) is 4.98 Å². The molecule has 3 nitrogen and oxygen atoms in total. The zero-order valence-electron chi connectivity index (χ0n) is 13.9. The van der Waals surface area contributed by atoms with Crippen LogP contribution in [0.15, 0.2) is 0 Å². The molecule has 0 unspecified atom stereocenters. The molecular formula is C17H27NO2S. The normalized spacial score (nSPS) is 20.4. The molecule has 1 saturated carbocycles. The molecule has 4 heteroatoms. The zero-order valence-corrected chi connectivity index (χ0v) is 14.7. The molecule has 0 bridgehead atoms. The van der Waals surface area contributed by atoms with Gasteiger partial charge < -0.3 is 4.74 Å². The Morgan fingerprint density at radius 2 is 1.86 bits per heavy atom. The van der Waals surface area contributed by atoms with Gasteiger partial charge in [0, 0.05) is 11.5 Å². The predicted molar refractivity (Wildman–Crippen MR) is 86.9 cm³/mol. The number of aryl methyl sites for hydroxylation is 2. The van der Waals surface area contributed by atoms with Gasteiger partial charge in [0.05, 0.1) is 12.1 Å². The highest BCUT2D eigenvalue weighted by atomic mass is 32.1. The van der Waals surface area contributed by atoms with Crippen LogP contribution in [0.5, 0.6) is 0 Å². The van der Waals surface area contributed by atoms with E-state index in [2.05, 4.69) is 25.8 Å². The fourth-order valence-corrected chi connectivity index (χ4v) is 3.96. The Morgan fingerprint density at radius 1 is 1.24 bits per heavy atom. The van der Waals surface area contributed by atoms with Crippen molar-refractivity contribution in [1.29, 1.82) is 0 Å². The third-order valence-electron chi connectivity index (χ3n) is 4.72. The fraction of sp³-hybridized carbons (Fsp3) is 0.765. The Kier molecular flexibility index (Phi) is 4.89. The van der Waals surface area contributed by atoms with E-state index in [1.165, 1.54) is 4.88 Å². The summed E-state index contributed by atoms with van der Waals surface area (Å²) in [5, 5.41) is 0.930. The van der Waals surface area contributed by atoms with E-state index < -0.39 is 5.60 Å². The predicted octanol–water partition coefficient (Wildman–Crippen LogP) is 4.25. The second-order valence-corrected chi connectivity index (χ2v) is 8.23. The number of nitrogens with zero attached hydrogens (tertiary/aromatic N) is 1. The average Bonchev–Trinajstić information content (AvgIpc) is 2.71. The van der Waals surface area contributed by atoms with Crippen molar-refractivity contribution in [3.05, 3.63) is 15.6 Å². The van der Waals surface area contributed by atoms with E-state index in [1.807, 2.05) is 13.8 Å². The van der Waals surface area contributed by atoms with Gasteiger partial charge in [0.1, 0.15) is 10.6 Å². The molecule has 1 aromatic heterocycles. The van der Waals surface area contributed by atoms with Crippen LogP contribution in [0.25, 0.3) is 0 Å². The molecule has 1 fully saturated rings. The standard InChI is InChI=1S/C17H27NO2S/c1-6-20-17(9-7-16(4,5)8-10-17)14(19)11-15-18-12(2)13(3)21-15/h6-11H2,1-5H3. The molecule has 2 rings (SSSR count). The largest absolute Gasteiger partial charge is 0.367 e. The Bertz CT molecular complexity index is 489. The third kappa shape index (κ3) is 3.72. The van der Waals surface area contributed by atoms with Crippen molar-refractivity contribution in [2.24, 2.45) is 5.41 Å². The summed E-state index contributed by atoms with van der Waals surface area (Å²) in [6.07, 6.45) is 4.20. The van der Waals surface area contributed by atoms with Crippen LogP contribution in [-0.4, -0.2) is 23.0 Å². The molecular weight excluding hydrogens is 282 g/mol. The summed E-state index contributed by atoms with van der Waals surface area (Å²) in [5.74, 6) is 0.216. The smallest absolute Gasteiger partial charge is 0.171 e. The lowest BCUT2D eigenvalue weighted by Crippen LogP contribution is -2.47. The second-order valence-electron chi connectivity index (χ2n) is 6.94. The molecule has 0 atom stereocenters. The van der Waals surface area contributed by atoms with E-state index in [0.29, 0.717) is 18.4 Å². The fourth-order valence-electron chi connectivity index (χ4n) is 3.02. The molecule has 0 aliphatic heterocycles. The molecule has 1 aliphatic rings. The van der Waals surface area contributed by atoms with Crippen LogP contribution in [0.4, 0.5) is 0 Å². The second kappa shape index (κ2) is 6.17. The van der Waals surface area contributed by atoms with E-state index in [-0.39, 0.29) is 5.78 Å². The van der Waals surface area contributed by atoms with Gasteiger partial charge in [0.15, 0.2) is 5.78 Å². The summed E-state index contributed by atoms with van der Waals surface area (Å²) in [4.78, 5) is 18.6. The van der Waals surface area contributed by atoms with Gasteiger partial charge in [-0.2, -0.15) is 0 Å². The Hall–Kier alpha value is -0.740. The first-order valence-electron chi connectivity index (χ1n) is 7.88. The monoisotopic (exact) mass is 309 g/mol. The van der Waals surface area contributed by atoms with Gasteiger partial charge in [-0.15, -0.1) is 11.3 Å². The summed E-state index contributed by atoms with van der Waals surface area (Å²) in [6, 6.07) is 0. The number of hydrogen-bond donors (Lipinski definition) is 0. The van der Waals surface area contributed by atoms with E-state index in [9.17, 15) is 4.79 Å². The summed E-state index contributed by atoms with van der Waals surface area (Å²) in [7, 11) is 0. The molecule has 21 heavy (non-hydrogen) atoms. The summed E-state index contributed by atoms with van der Waals surface area (Å²) >= 11 is 1.64. The minimum absolute atomic E-state index is 0.216. The molecule has 118 valence electrons. The van der Waals surface area contributed by atoms with Crippen LogP contribution in [0, 0.1) is 19.3 Å². The molecule has 0 spiro atoms. The number of Topliss-reactive ketones (excluding diaryl/α,β-unsaturated/α-hetero) is 1. The number of carbonyl (C=O) groups excluding carboxylic acids is 1. The number of carbonyl (C=O) groups is 1. The molecule has 0 aromatic carbocycles. The number of ketones is 1. The number of ether oxygens (including phenoxy) is 1. The Balaban J connectivity index is 2.12. The van der Waals surface area contributed by atoms with Crippen LogP contribution in [0.1, 0.15) is 62.0 Å². The Morgan fingerprint density at radius 3 is 2.33 bits per heavy atom. The lowest BCUT2D eigenvalue weighted by Gasteiger charge is -2.42. The zero-order chi connectivity index (χ0) is 15.7. The van der Waals surface area contributed by atoms with Crippen LogP contribution < -0.4 is 0 Å². The first-order valence-corrected chi connectivity index (χ1v) is 8.70. The maximum atomic E-state index is 12.9. The van der Waals surface area contributed by atoms with Crippen molar-refractivity contribution in [3.63, 3.8) is 0 Å². The maximum absolute atomic E-state index is 12.9. The third-order valence-corrected chi connectivity index (χ3v) is 5.80. The number of thiazole rings is 1. The van der Waals surface area contributed by atoms with Gasteiger partial charge in [-0.3, -0.25) is 4.79 Å². The summed E-state index contributed by atoms with van der Waals surface area (Å²) in [6.45, 7) is 11.2. The van der Waals surface area contributed by atoms with E-state index in [0.717, 1.165) is 36.4 Å². The highest BCUT2D eigenvalue weighted by molar-refractivity contribution is 7.11. The van der Waals surface area contributed by atoms with Crippen LogP contribution >= 0.6 is 11.3 Å². The molecule has 1 aliphatic carbocycles. The molecule has 1 heterocycles. The minimum Gasteiger partial charge on any atom is -0.367 e. The molecule has 0 saturated heterocycles. The first-order chi connectivity index (χ1) is 9.78. The minimum atomic E-state index is -0.572. The number of hydrogen-bond acceptors (Lipinski definition) is 4. The highest BCUT2D eigenvalue weighted by Crippen LogP contribution is 2.43. The molecule has 0 radical (unpaired) electrons. The Labute approximate surface area is 132 Å². The number of aromatic nitrogens is 1. The lowest BCUT2D eigenvalue weighted by molar-refractivity contribution is -0.151. The quantitative estimate of drug-likeness (QED) is 0.816. The van der Waals surface area contributed by atoms with Crippen molar-refractivity contribution < 1.29 is 9.53 Å². The van der Waals surface area contributed by atoms with E-state index in [4.69, 9.17) is 4.74 Å². The van der Waals surface area contributed by atoms with Crippen molar-refractivity contribution in [1.82, 2.24) is 4.98 Å². The van der Waals surface area contributed by atoms with Gasteiger partial charge in [-0.05, 0) is 51.9 Å². The lowest BCUT2D eigenvalue weighted by atomic mass is 9.69. The SMILES string of the molecule is CCOC1(C(=O)Cc2nc(C)c(C)s2)CCC(C)(C)CC1. The number of rotatable bonds is 5. The first kappa shape index (κ1) is 16.6. The van der Waals surface area contributed by atoms with Crippen LogP contribution in [0.2, 0.25) is 0 Å². The summed E-state index contributed by atoms with van der Waals surface area (Å²) < 4.78 is 5.96. The van der Waals surface area contributed by atoms with Crippen molar-refractivity contribution in [2.45, 2.75) is 72.3 Å². The summed E-state index contributed by atoms with van der Waals surface area (Å²) in [5.41, 5.74) is 0.797. The van der Waals surface area contributed by atoms with E-state index in [1.54, 1.807) is 11.3 Å². The van der Waals surface area contributed by atoms with Gasteiger partial charge in [-0.1, -0.05) is 13.8 Å². The van der Waals surface area contributed by atoms with Crippen molar-refractivity contribution in [3.8, 4) is 0 Å². The van der Waals surface area contributed by atoms with Crippen molar-refractivity contribution in [2.75, 3.05) is 6.61 Å². The maximum Gasteiger partial charge on any atom is 0.171 e. The van der Waals surface area contributed by atoms with Gasteiger partial charge >= 0.3 is 0 Å². The topological polar surface area (TPSA) is 39.2 Å². The van der Waals surface area contributed by atoms with Gasteiger partial charge in [0.25, 0.3) is 0 Å². The van der Waals surface area contributed by atoms with Crippen LogP contribution in [-0.2, 0) is 16.0 Å². The van der Waals surface area contributed by atoms with Crippen molar-refractivity contribution >= 4 is 17.1 Å². The molecule has 0 N–H and O–H groups in total. The molecule has 1 aromatic rings.